The van der Waals surface area contributed by atoms with Crippen molar-refractivity contribution in [3.63, 3.8) is 0 Å². The highest BCUT2D eigenvalue weighted by Crippen LogP contribution is 2.27. The number of halogens is 3. The van der Waals surface area contributed by atoms with E-state index in [-0.39, 0.29) is 54.4 Å². The van der Waals surface area contributed by atoms with Crippen LogP contribution in [0.4, 0.5) is 15.9 Å². The zero-order valence-electron chi connectivity index (χ0n) is 22.7. The summed E-state index contributed by atoms with van der Waals surface area (Å²) in [6.45, 7) is 2.00. The summed E-state index contributed by atoms with van der Waals surface area (Å²) >= 11 is 0. The predicted molar refractivity (Wildman–Crippen MR) is 166 cm³/mol. The van der Waals surface area contributed by atoms with Gasteiger partial charge in [-0.05, 0) is 68.3 Å². The number of fused-ring (bicyclic) bond motifs is 1. The number of amidine groups is 1. The van der Waals surface area contributed by atoms with Gasteiger partial charge >= 0.3 is 0 Å². The minimum absolute atomic E-state index is 0. The monoisotopic (exact) mass is 598 g/mol. The Labute approximate surface area is 250 Å². The van der Waals surface area contributed by atoms with Crippen molar-refractivity contribution in [2.24, 2.45) is 0 Å². The summed E-state index contributed by atoms with van der Waals surface area (Å²) in [6.07, 6.45) is 3.75. The molecular formula is C30H33Cl2FN6O2. The van der Waals surface area contributed by atoms with Crippen LogP contribution in [0.2, 0.25) is 0 Å². The summed E-state index contributed by atoms with van der Waals surface area (Å²) in [6, 6.07) is 18.8. The normalized spacial score (nSPS) is 16.1. The molecular weight excluding hydrogens is 566 g/mol. The molecule has 8 nitrogen and oxygen atoms in total. The van der Waals surface area contributed by atoms with Crippen LogP contribution in [0, 0.1) is 18.2 Å². The number of anilines is 2. The van der Waals surface area contributed by atoms with Gasteiger partial charge in [-0.2, -0.15) is 0 Å². The number of nitrogens with zero attached hydrogens (tertiary/aromatic N) is 2. The number of hydrogen-bond acceptors (Lipinski definition) is 6. The van der Waals surface area contributed by atoms with Crippen molar-refractivity contribution >= 4 is 59.0 Å². The number of carbonyl (C=O) groups excluding carboxylic acids is 1. The van der Waals surface area contributed by atoms with Gasteiger partial charge in [0.2, 0.25) is 5.82 Å². The molecule has 0 radical (unpaired) electrons. The van der Waals surface area contributed by atoms with Crippen molar-refractivity contribution in [2.45, 2.75) is 44.7 Å². The van der Waals surface area contributed by atoms with E-state index in [4.69, 9.17) is 10.1 Å². The van der Waals surface area contributed by atoms with Crippen LogP contribution < -0.4 is 20.7 Å². The number of hydrogen-bond donors (Lipinski definition) is 4. The second-order valence-electron chi connectivity index (χ2n) is 9.77. The van der Waals surface area contributed by atoms with E-state index >= 15 is 0 Å². The first-order chi connectivity index (χ1) is 18.9. The van der Waals surface area contributed by atoms with Crippen LogP contribution in [0.25, 0.3) is 10.9 Å². The average molecular weight is 600 g/mol. The molecule has 4 aromatic rings. The molecule has 0 unspecified atom stereocenters. The molecule has 5 rings (SSSR count). The first-order valence-corrected chi connectivity index (χ1v) is 13.0. The first kappa shape index (κ1) is 31.6. The number of carbonyl (C=O) groups is 1. The summed E-state index contributed by atoms with van der Waals surface area (Å²) in [4.78, 5) is 22.4. The minimum Gasteiger partial charge on any atom is -0.497 e. The lowest BCUT2D eigenvalue weighted by Crippen LogP contribution is -2.48. The van der Waals surface area contributed by atoms with Crippen molar-refractivity contribution in [3.05, 3.63) is 89.5 Å². The Kier molecular flexibility index (Phi) is 10.9. The SMILES string of the molecule is COc1ccc(NC(=O)c2nc(N[C@H]3CCCC[C@H]3NC(=N)c3cccc(F)c3)c3cc(C)ccc3n2)cc1.Cl.Cl. The molecule has 1 aromatic heterocycles. The van der Waals surface area contributed by atoms with E-state index in [2.05, 4.69) is 25.9 Å². The fraction of sp³-hybridized carbons (Fsp3) is 0.267. The van der Waals surface area contributed by atoms with Gasteiger partial charge in [0.25, 0.3) is 5.91 Å². The van der Waals surface area contributed by atoms with Crippen LogP contribution in [0.3, 0.4) is 0 Å². The van der Waals surface area contributed by atoms with Gasteiger partial charge in [-0.15, -0.1) is 24.8 Å². The van der Waals surface area contributed by atoms with Crippen molar-refractivity contribution in [1.29, 1.82) is 5.41 Å². The molecule has 1 fully saturated rings. The summed E-state index contributed by atoms with van der Waals surface area (Å²) < 4.78 is 18.9. The van der Waals surface area contributed by atoms with E-state index in [0.29, 0.717) is 28.3 Å². The van der Waals surface area contributed by atoms with Gasteiger partial charge in [0.1, 0.15) is 23.2 Å². The van der Waals surface area contributed by atoms with Gasteiger partial charge in [0, 0.05) is 28.7 Å². The van der Waals surface area contributed by atoms with E-state index in [1.807, 2.05) is 25.1 Å². The molecule has 0 bridgehead atoms. The predicted octanol–water partition coefficient (Wildman–Crippen LogP) is 6.52. The Morgan fingerprint density at radius 3 is 2.41 bits per heavy atom. The third kappa shape index (κ3) is 7.62. The average Bonchev–Trinajstić information content (AvgIpc) is 2.94. The third-order valence-electron chi connectivity index (χ3n) is 6.93. The van der Waals surface area contributed by atoms with Crippen LogP contribution >= 0.6 is 24.8 Å². The second-order valence-corrected chi connectivity index (χ2v) is 9.77. The van der Waals surface area contributed by atoms with E-state index in [9.17, 15) is 9.18 Å². The molecule has 3 aromatic carbocycles. The van der Waals surface area contributed by atoms with Gasteiger partial charge < -0.3 is 20.7 Å². The molecule has 2 atom stereocenters. The van der Waals surface area contributed by atoms with Crippen LogP contribution in [0.1, 0.15) is 47.4 Å². The molecule has 1 aliphatic carbocycles. The molecule has 1 heterocycles. The smallest absolute Gasteiger partial charge is 0.293 e. The largest absolute Gasteiger partial charge is 0.497 e. The highest BCUT2D eigenvalue weighted by atomic mass is 35.5. The number of benzene rings is 3. The quantitative estimate of drug-likeness (QED) is 0.142. The Hall–Kier alpha value is -3.95. The van der Waals surface area contributed by atoms with Crippen molar-refractivity contribution < 1.29 is 13.9 Å². The summed E-state index contributed by atoms with van der Waals surface area (Å²) in [7, 11) is 1.59. The third-order valence-corrected chi connectivity index (χ3v) is 6.93. The molecule has 1 aliphatic rings. The Bertz CT molecular complexity index is 1520. The first-order valence-electron chi connectivity index (χ1n) is 13.0. The van der Waals surface area contributed by atoms with Gasteiger partial charge in [0.05, 0.1) is 12.6 Å². The number of methoxy groups -OCH3 is 1. The maximum atomic E-state index is 13.7. The topological polar surface area (TPSA) is 112 Å². The van der Waals surface area contributed by atoms with Crippen molar-refractivity contribution in [1.82, 2.24) is 15.3 Å². The Balaban J connectivity index is 0.00000231. The molecule has 0 spiro atoms. The second kappa shape index (κ2) is 14.1. The number of nitrogens with one attached hydrogen (secondary N) is 4. The fourth-order valence-corrected chi connectivity index (χ4v) is 4.88. The van der Waals surface area contributed by atoms with Gasteiger partial charge in [-0.3, -0.25) is 10.2 Å². The zero-order chi connectivity index (χ0) is 27.4. The lowest BCUT2D eigenvalue weighted by Gasteiger charge is -2.34. The van der Waals surface area contributed by atoms with E-state index in [1.165, 1.54) is 12.1 Å². The molecule has 4 N–H and O–H groups in total. The van der Waals surface area contributed by atoms with Crippen LogP contribution in [-0.2, 0) is 0 Å². The fourth-order valence-electron chi connectivity index (χ4n) is 4.88. The summed E-state index contributed by atoms with van der Waals surface area (Å²) in [5, 5.41) is 19.1. The number of aromatic nitrogens is 2. The van der Waals surface area contributed by atoms with Gasteiger partial charge in [-0.25, -0.2) is 14.4 Å². The molecule has 1 saturated carbocycles. The van der Waals surface area contributed by atoms with Gasteiger partial charge in [0.15, 0.2) is 0 Å². The van der Waals surface area contributed by atoms with Crippen LogP contribution in [0.5, 0.6) is 5.75 Å². The van der Waals surface area contributed by atoms with Crippen molar-refractivity contribution in [3.8, 4) is 5.75 Å². The zero-order valence-corrected chi connectivity index (χ0v) is 24.4. The molecule has 216 valence electrons. The highest BCUT2D eigenvalue weighted by Gasteiger charge is 2.27. The van der Waals surface area contributed by atoms with E-state index in [0.717, 1.165) is 36.6 Å². The maximum absolute atomic E-state index is 13.7. The summed E-state index contributed by atoms with van der Waals surface area (Å²) in [5.41, 5.74) is 2.82. The molecule has 41 heavy (non-hydrogen) atoms. The molecule has 0 aliphatic heterocycles. The highest BCUT2D eigenvalue weighted by molar-refractivity contribution is 6.04. The lowest BCUT2D eigenvalue weighted by atomic mass is 9.89. The number of rotatable bonds is 7. The Morgan fingerprint density at radius 2 is 1.71 bits per heavy atom. The molecule has 11 heteroatoms. The number of ether oxygens (including phenoxy) is 1. The minimum atomic E-state index is -0.420. The molecule has 0 saturated heterocycles. The van der Waals surface area contributed by atoms with E-state index < -0.39 is 5.91 Å². The molecule has 1 amide bonds. The number of aryl methyl sites for hydroxylation is 1. The Morgan fingerprint density at radius 1 is 0.976 bits per heavy atom. The number of amides is 1. The lowest BCUT2D eigenvalue weighted by molar-refractivity contribution is 0.101. The van der Waals surface area contributed by atoms with Crippen molar-refractivity contribution in [2.75, 3.05) is 17.7 Å². The van der Waals surface area contributed by atoms with E-state index in [1.54, 1.807) is 43.5 Å². The van der Waals surface area contributed by atoms with Gasteiger partial charge in [-0.1, -0.05) is 36.6 Å². The maximum Gasteiger partial charge on any atom is 0.293 e. The summed E-state index contributed by atoms with van der Waals surface area (Å²) in [5.74, 6) is 0.698. The van der Waals surface area contributed by atoms with Crippen LogP contribution in [0.15, 0.2) is 66.7 Å². The standard InChI is InChI=1S/C30H31FN6O2.2ClH/c1-18-10-15-24-23(16-18)28(37-29(35-24)30(38)33-21-11-13-22(39-2)14-12-21)36-26-9-4-3-8-25(26)34-27(32)19-6-5-7-20(31)17-19;;/h5-7,10-17,25-26H,3-4,8-9H2,1-2H3,(H2,32,34)(H,33,38)(H,35,36,37);2*1H/t25-,26+;;/m1../s1. The van der Waals surface area contributed by atoms with Crippen LogP contribution in [-0.4, -0.2) is 40.9 Å².